The standard InChI is InChI=1S/C25H34N4O5/c1-25(2,3)34-23(31)27-14-19(13-26)28-22(30)21(20(17-9-10-17)18-11-12-18)29-24(32)33-15-16-7-5-4-6-8-16/h4-8,13-14,17-18,20-21H,9-12,15,26H2,1-3H3,(H,28,30)(H,29,32)/t21-/m0/s1. The Balaban J connectivity index is 1.65. The van der Waals surface area contributed by atoms with E-state index in [1.807, 2.05) is 30.3 Å². The van der Waals surface area contributed by atoms with Crippen LogP contribution in [0.5, 0.6) is 0 Å². The Hall–Kier alpha value is -3.36. The molecule has 3 amide bonds. The van der Waals surface area contributed by atoms with Crippen LogP contribution in [-0.2, 0) is 20.9 Å². The number of amides is 3. The zero-order chi connectivity index (χ0) is 24.7. The first kappa shape index (κ1) is 25.3. The van der Waals surface area contributed by atoms with Gasteiger partial charge in [0.1, 0.15) is 18.2 Å². The number of allylic oxidation sites excluding steroid dienone is 1. The highest BCUT2D eigenvalue weighted by molar-refractivity contribution is 5.95. The maximum absolute atomic E-state index is 13.2. The van der Waals surface area contributed by atoms with Crippen LogP contribution < -0.4 is 16.4 Å². The molecule has 2 aliphatic carbocycles. The first-order valence-electron chi connectivity index (χ1n) is 11.6. The number of benzene rings is 1. The van der Waals surface area contributed by atoms with E-state index in [-0.39, 0.29) is 18.2 Å². The lowest BCUT2D eigenvalue weighted by Gasteiger charge is -2.27. The van der Waals surface area contributed by atoms with Gasteiger partial charge in [-0.15, -0.1) is 0 Å². The van der Waals surface area contributed by atoms with Gasteiger partial charge in [0, 0.05) is 6.20 Å². The molecule has 34 heavy (non-hydrogen) atoms. The molecule has 0 unspecified atom stereocenters. The van der Waals surface area contributed by atoms with Crippen LogP contribution in [-0.4, -0.2) is 36.0 Å². The van der Waals surface area contributed by atoms with Crippen LogP contribution in [0, 0.1) is 17.8 Å². The predicted molar refractivity (Wildman–Crippen MR) is 128 cm³/mol. The molecule has 2 saturated carbocycles. The van der Waals surface area contributed by atoms with Crippen molar-refractivity contribution < 1.29 is 23.9 Å². The summed E-state index contributed by atoms with van der Waals surface area (Å²) < 4.78 is 10.5. The molecule has 3 rings (SSSR count). The van der Waals surface area contributed by atoms with Gasteiger partial charge in [0.05, 0.1) is 11.9 Å². The van der Waals surface area contributed by atoms with E-state index in [9.17, 15) is 14.4 Å². The summed E-state index contributed by atoms with van der Waals surface area (Å²) in [6, 6.07) is 8.54. The zero-order valence-corrected chi connectivity index (χ0v) is 20.0. The Bertz CT molecular complexity index is 918. The number of carbonyl (C=O) groups excluding carboxylic acids is 3. The van der Waals surface area contributed by atoms with Crippen LogP contribution in [0.15, 0.2) is 47.2 Å². The molecule has 1 atom stereocenters. The lowest BCUT2D eigenvalue weighted by Crippen LogP contribution is -2.52. The van der Waals surface area contributed by atoms with Gasteiger partial charge in [0.15, 0.2) is 0 Å². The van der Waals surface area contributed by atoms with Crippen LogP contribution in [0.3, 0.4) is 0 Å². The lowest BCUT2D eigenvalue weighted by atomic mass is 9.88. The van der Waals surface area contributed by atoms with Gasteiger partial charge in [-0.25, -0.2) is 9.59 Å². The lowest BCUT2D eigenvalue weighted by molar-refractivity contribution is -0.124. The molecule has 0 aliphatic heterocycles. The van der Waals surface area contributed by atoms with E-state index in [1.54, 1.807) is 20.8 Å². The van der Waals surface area contributed by atoms with E-state index in [0.29, 0.717) is 11.8 Å². The Kier molecular flexibility index (Phi) is 8.31. The number of alkyl carbamates (subject to hydrolysis) is 1. The van der Waals surface area contributed by atoms with Crippen molar-refractivity contribution in [2.75, 3.05) is 0 Å². The van der Waals surface area contributed by atoms with Crippen LogP contribution in [0.4, 0.5) is 9.59 Å². The first-order chi connectivity index (χ1) is 16.2. The van der Waals surface area contributed by atoms with Crippen molar-refractivity contribution >= 4 is 24.3 Å². The predicted octanol–water partition coefficient (Wildman–Crippen LogP) is 3.64. The molecule has 9 heteroatoms. The minimum Gasteiger partial charge on any atom is -0.445 e. The Labute approximate surface area is 200 Å². The monoisotopic (exact) mass is 470 g/mol. The van der Waals surface area contributed by atoms with Gasteiger partial charge in [0.25, 0.3) is 0 Å². The normalized spacial score (nSPS) is 17.4. The average Bonchev–Trinajstić information content (AvgIpc) is 3.69. The van der Waals surface area contributed by atoms with Crippen LogP contribution in [0.1, 0.15) is 52.0 Å². The number of nitrogens with two attached hydrogens (primary N) is 1. The van der Waals surface area contributed by atoms with Crippen molar-refractivity contribution in [2.45, 2.75) is 64.7 Å². The molecule has 184 valence electrons. The summed E-state index contributed by atoms with van der Waals surface area (Å²) in [6.45, 7) is 5.29. The Morgan fingerprint density at radius 3 is 2.26 bits per heavy atom. The topological polar surface area (TPSA) is 132 Å². The number of nitrogens with zero attached hydrogens (tertiary/aromatic N) is 1. The van der Waals surface area contributed by atoms with E-state index in [2.05, 4.69) is 15.6 Å². The van der Waals surface area contributed by atoms with Gasteiger partial charge < -0.3 is 25.8 Å². The number of aliphatic imine (C=N–C) groups is 1. The third-order valence-electron chi connectivity index (χ3n) is 5.64. The molecular formula is C25H34N4O5. The highest BCUT2D eigenvalue weighted by atomic mass is 16.6. The fourth-order valence-corrected chi connectivity index (χ4v) is 3.87. The van der Waals surface area contributed by atoms with Gasteiger partial charge in [0.2, 0.25) is 5.91 Å². The molecule has 0 heterocycles. The van der Waals surface area contributed by atoms with Crippen molar-refractivity contribution in [3.05, 3.63) is 47.8 Å². The van der Waals surface area contributed by atoms with Crippen molar-refractivity contribution in [1.82, 2.24) is 10.6 Å². The fourth-order valence-electron chi connectivity index (χ4n) is 3.87. The van der Waals surface area contributed by atoms with Gasteiger partial charge in [-0.2, -0.15) is 4.99 Å². The van der Waals surface area contributed by atoms with Gasteiger partial charge in [-0.05, 0) is 69.8 Å². The second-order valence-electron chi connectivity index (χ2n) is 9.79. The number of rotatable bonds is 9. The quantitative estimate of drug-likeness (QED) is 0.472. The van der Waals surface area contributed by atoms with Gasteiger partial charge in [-0.3, -0.25) is 4.79 Å². The highest BCUT2D eigenvalue weighted by Crippen LogP contribution is 2.50. The molecular weight excluding hydrogens is 436 g/mol. The Morgan fingerprint density at radius 2 is 1.74 bits per heavy atom. The summed E-state index contributed by atoms with van der Waals surface area (Å²) in [7, 11) is 0. The molecule has 0 saturated heterocycles. The molecule has 4 N–H and O–H groups in total. The zero-order valence-electron chi connectivity index (χ0n) is 20.0. The summed E-state index contributed by atoms with van der Waals surface area (Å²) in [5.74, 6) is 0.371. The number of ether oxygens (including phenoxy) is 2. The summed E-state index contributed by atoms with van der Waals surface area (Å²) in [4.78, 5) is 41.4. The molecule has 1 aromatic carbocycles. The van der Waals surface area contributed by atoms with Gasteiger partial charge >= 0.3 is 12.2 Å². The maximum atomic E-state index is 13.2. The summed E-state index contributed by atoms with van der Waals surface area (Å²) >= 11 is 0. The third-order valence-corrected chi connectivity index (χ3v) is 5.64. The third kappa shape index (κ3) is 8.20. The number of nitrogens with one attached hydrogen (secondary N) is 2. The molecule has 1 aromatic rings. The largest absolute Gasteiger partial charge is 0.445 e. The molecule has 2 fully saturated rings. The second-order valence-corrected chi connectivity index (χ2v) is 9.79. The van der Waals surface area contributed by atoms with Crippen LogP contribution >= 0.6 is 0 Å². The van der Waals surface area contributed by atoms with E-state index in [1.165, 1.54) is 0 Å². The van der Waals surface area contributed by atoms with E-state index in [0.717, 1.165) is 43.7 Å². The highest BCUT2D eigenvalue weighted by Gasteiger charge is 2.48. The number of hydrogen-bond donors (Lipinski definition) is 3. The molecule has 0 radical (unpaired) electrons. The smallest absolute Gasteiger partial charge is 0.434 e. The summed E-state index contributed by atoms with van der Waals surface area (Å²) in [5, 5.41) is 5.46. The van der Waals surface area contributed by atoms with Crippen molar-refractivity contribution in [2.24, 2.45) is 28.5 Å². The van der Waals surface area contributed by atoms with E-state index < -0.39 is 29.7 Å². The van der Waals surface area contributed by atoms with Crippen molar-refractivity contribution in [3.63, 3.8) is 0 Å². The first-order valence-corrected chi connectivity index (χ1v) is 11.6. The second kappa shape index (κ2) is 11.2. The fraction of sp³-hybridized carbons (Fsp3) is 0.520. The summed E-state index contributed by atoms with van der Waals surface area (Å²) in [5.41, 5.74) is 5.93. The maximum Gasteiger partial charge on any atom is 0.434 e. The minimum absolute atomic E-state index is 0.0195. The van der Waals surface area contributed by atoms with E-state index >= 15 is 0 Å². The average molecular weight is 471 g/mol. The van der Waals surface area contributed by atoms with Crippen LogP contribution in [0.2, 0.25) is 0 Å². The van der Waals surface area contributed by atoms with Crippen molar-refractivity contribution in [3.8, 4) is 0 Å². The SMILES string of the molecule is CC(C)(C)OC(=O)N=CC(=CN)NC(=O)[C@@H](NC(=O)OCc1ccccc1)C(C1CC1)C1CC1. The molecule has 0 spiro atoms. The van der Waals surface area contributed by atoms with Crippen LogP contribution in [0.25, 0.3) is 0 Å². The number of hydrogen-bond acceptors (Lipinski definition) is 6. The van der Waals surface area contributed by atoms with Crippen molar-refractivity contribution in [1.29, 1.82) is 0 Å². The van der Waals surface area contributed by atoms with Gasteiger partial charge in [-0.1, -0.05) is 30.3 Å². The number of carbonyl (C=O) groups is 3. The molecule has 0 bridgehead atoms. The summed E-state index contributed by atoms with van der Waals surface area (Å²) in [6.07, 6.45) is 4.96. The molecule has 9 nitrogen and oxygen atoms in total. The minimum atomic E-state index is -0.797. The molecule has 0 aromatic heterocycles. The molecule has 2 aliphatic rings. The van der Waals surface area contributed by atoms with E-state index in [4.69, 9.17) is 15.2 Å². The Morgan fingerprint density at radius 1 is 1.12 bits per heavy atom.